The molecule has 0 bridgehead atoms. The second-order valence-electron chi connectivity index (χ2n) is 8.37. The molecule has 2 heterocycles. The number of hydrogen-bond acceptors (Lipinski definition) is 6. The number of furan rings is 1. The number of carbonyl (C=O) groups is 1. The first-order chi connectivity index (χ1) is 17.5. The summed E-state index contributed by atoms with van der Waals surface area (Å²) in [5.74, 6) is 1.26. The lowest BCUT2D eigenvalue weighted by Crippen LogP contribution is -2.08. The number of aryl methyl sites for hydroxylation is 1. The molecule has 5 aromatic rings. The molecule has 36 heavy (non-hydrogen) atoms. The number of amides is 1. The van der Waals surface area contributed by atoms with Crippen molar-refractivity contribution >= 4 is 49.1 Å². The molecular formula is C29H26N2O4S. The first-order valence-corrected chi connectivity index (χ1v) is 12.5. The number of nitrogens with one attached hydrogen (secondary N) is 1. The second kappa shape index (κ2) is 9.87. The van der Waals surface area contributed by atoms with Crippen molar-refractivity contribution in [2.45, 2.75) is 20.8 Å². The summed E-state index contributed by atoms with van der Waals surface area (Å²) in [6, 6.07) is 17.8. The fourth-order valence-electron chi connectivity index (χ4n) is 4.33. The number of ether oxygens (including phenoxy) is 2. The van der Waals surface area contributed by atoms with Crippen molar-refractivity contribution in [3.05, 3.63) is 78.1 Å². The zero-order valence-corrected chi connectivity index (χ0v) is 21.4. The standard InChI is InChI=1S/C29H26N2O4S/c1-5-34-20-12-10-19(11-13-20)23-16-35-28-18(3)27(33-4)21(15-22(23)28)17(2)14-26(32)31-29-30-24-8-6-7-9-25(24)36-29/h6-16H,5H2,1-4H3,(H,30,31,32)/b17-14+. The normalized spacial score (nSPS) is 11.7. The summed E-state index contributed by atoms with van der Waals surface area (Å²) < 4.78 is 18.3. The predicted molar refractivity (Wildman–Crippen MR) is 146 cm³/mol. The fourth-order valence-corrected chi connectivity index (χ4v) is 5.20. The Bertz CT molecular complexity index is 1560. The number of methoxy groups -OCH3 is 1. The van der Waals surface area contributed by atoms with E-state index in [1.807, 2.05) is 75.4 Å². The van der Waals surface area contributed by atoms with Gasteiger partial charge in [-0.25, -0.2) is 4.98 Å². The number of fused-ring (bicyclic) bond motifs is 2. The Labute approximate surface area is 213 Å². The third kappa shape index (κ3) is 4.45. The Kier molecular flexibility index (Phi) is 6.48. The maximum atomic E-state index is 12.9. The van der Waals surface area contributed by atoms with Gasteiger partial charge in [0.25, 0.3) is 0 Å². The van der Waals surface area contributed by atoms with Crippen LogP contribution in [0.25, 0.3) is 37.9 Å². The summed E-state index contributed by atoms with van der Waals surface area (Å²) in [5.41, 5.74) is 6.08. The fraction of sp³-hybridized carbons (Fsp3) is 0.172. The maximum absolute atomic E-state index is 12.9. The molecular weight excluding hydrogens is 472 g/mol. The molecule has 1 amide bonds. The van der Waals surface area contributed by atoms with E-state index in [0.29, 0.717) is 17.5 Å². The minimum atomic E-state index is -0.245. The van der Waals surface area contributed by atoms with Gasteiger partial charge in [-0.05, 0) is 62.2 Å². The maximum Gasteiger partial charge on any atom is 0.250 e. The van der Waals surface area contributed by atoms with E-state index in [1.165, 1.54) is 11.3 Å². The molecule has 0 fully saturated rings. The molecule has 0 aliphatic carbocycles. The van der Waals surface area contributed by atoms with Crippen LogP contribution in [0.2, 0.25) is 0 Å². The number of benzene rings is 3. The number of hydrogen-bond donors (Lipinski definition) is 1. The number of thiazole rings is 1. The lowest BCUT2D eigenvalue weighted by molar-refractivity contribution is -0.111. The van der Waals surface area contributed by atoms with Gasteiger partial charge >= 0.3 is 0 Å². The smallest absolute Gasteiger partial charge is 0.250 e. The number of carbonyl (C=O) groups excluding carboxylic acids is 1. The lowest BCUT2D eigenvalue weighted by atomic mass is 9.96. The van der Waals surface area contributed by atoms with Crippen LogP contribution < -0.4 is 14.8 Å². The number of rotatable bonds is 7. The van der Waals surface area contributed by atoms with Gasteiger partial charge in [-0.1, -0.05) is 35.6 Å². The SMILES string of the molecule is CCOc1ccc(-c2coc3c(C)c(OC)c(/C(C)=C/C(=O)Nc4nc5ccccc5s4)cc23)cc1. The van der Waals surface area contributed by atoms with Crippen molar-refractivity contribution in [1.82, 2.24) is 4.98 Å². The third-order valence-electron chi connectivity index (χ3n) is 6.02. The van der Waals surface area contributed by atoms with Gasteiger partial charge in [0.05, 0.1) is 30.2 Å². The molecule has 7 heteroatoms. The molecule has 0 radical (unpaired) electrons. The van der Waals surface area contributed by atoms with Crippen LogP contribution in [-0.2, 0) is 4.79 Å². The van der Waals surface area contributed by atoms with E-state index >= 15 is 0 Å². The monoisotopic (exact) mass is 498 g/mol. The largest absolute Gasteiger partial charge is 0.496 e. The number of para-hydroxylation sites is 1. The van der Waals surface area contributed by atoms with E-state index in [0.717, 1.165) is 54.8 Å². The highest BCUT2D eigenvalue weighted by Crippen LogP contribution is 2.41. The van der Waals surface area contributed by atoms with Crippen LogP contribution >= 0.6 is 11.3 Å². The number of anilines is 1. The quantitative estimate of drug-likeness (QED) is 0.236. The molecule has 6 nitrogen and oxygen atoms in total. The summed E-state index contributed by atoms with van der Waals surface area (Å²) in [6.45, 7) is 6.45. The van der Waals surface area contributed by atoms with Crippen LogP contribution in [0.15, 0.2) is 71.4 Å². The van der Waals surface area contributed by atoms with Crippen molar-refractivity contribution < 1.29 is 18.7 Å². The summed E-state index contributed by atoms with van der Waals surface area (Å²) in [7, 11) is 1.63. The first-order valence-electron chi connectivity index (χ1n) is 11.7. The lowest BCUT2D eigenvalue weighted by Gasteiger charge is -2.13. The molecule has 0 unspecified atom stereocenters. The van der Waals surface area contributed by atoms with E-state index in [-0.39, 0.29) is 5.91 Å². The van der Waals surface area contributed by atoms with Gasteiger partial charge in [-0.2, -0.15) is 0 Å². The van der Waals surface area contributed by atoms with Gasteiger partial charge < -0.3 is 13.9 Å². The molecule has 182 valence electrons. The Morgan fingerprint density at radius 2 is 1.94 bits per heavy atom. The molecule has 0 saturated heterocycles. The molecule has 1 N–H and O–H groups in total. The van der Waals surface area contributed by atoms with Crippen molar-refractivity contribution in [2.24, 2.45) is 0 Å². The third-order valence-corrected chi connectivity index (χ3v) is 6.97. The van der Waals surface area contributed by atoms with Crippen molar-refractivity contribution in [3.63, 3.8) is 0 Å². The van der Waals surface area contributed by atoms with E-state index in [2.05, 4.69) is 10.3 Å². The van der Waals surface area contributed by atoms with Gasteiger partial charge in [-0.15, -0.1) is 0 Å². The number of aromatic nitrogens is 1. The van der Waals surface area contributed by atoms with Crippen LogP contribution in [0.3, 0.4) is 0 Å². The van der Waals surface area contributed by atoms with E-state index in [9.17, 15) is 4.79 Å². The first kappa shape index (κ1) is 23.6. The Morgan fingerprint density at radius 3 is 2.67 bits per heavy atom. The van der Waals surface area contributed by atoms with Crippen LogP contribution in [0, 0.1) is 6.92 Å². The zero-order valence-electron chi connectivity index (χ0n) is 20.5. The number of nitrogens with zero attached hydrogens (tertiary/aromatic N) is 1. The summed E-state index contributed by atoms with van der Waals surface area (Å²) in [5, 5.41) is 4.41. The molecule has 0 spiro atoms. The highest BCUT2D eigenvalue weighted by molar-refractivity contribution is 7.22. The summed E-state index contributed by atoms with van der Waals surface area (Å²) >= 11 is 1.45. The predicted octanol–water partition coefficient (Wildman–Crippen LogP) is 7.47. The Balaban J connectivity index is 1.50. The van der Waals surface area contributed by atoms with Gasteiger partial charge in [0.15, 0.2) is 5.13 Å². The van der Waals surface area contributed by atoms with Crippen molar-refractivity contribution in [2.75, 3.05) is 19.0 Å². The van der Waals surface area contributed by atoms with Gasteiger partial charge in [0, 0.05) is 28.2 Å². The minimum absolute atomic E-state index is 0.245. The Hall–Kier alpha value is -4.10. The van der Waals surface area contributed by atoms with Crippen LogP contribution in [0.5, 0.6) is 11.5 Å². The molecule has 0 atom stereocenters. The average molecular weight is 499 g/mol. The Morgan fingerprint density at radius 1 is 1.17 bits per heavy atom. The topological polar surface area (TPSA) is 73.6 Å². The summed E-state index contributed by atoms with van der Waals surface area (Å²) in [4.78, 5) is 17.3. The zero-order chi connectivity index (χ0) is 25.2. The molecule has 0 aliphatic heterocycles. The van der Waals surface area contributed by atoms with Gasteiger partial charge in [0.1, 0.15) is 17.1 Å². The van der Waals surface area contributed by atoms with Gasteiger partial charge in [-0.3, -0.25) is 10.1 Å². The second-order valence-corrected chi connectivity index (χ2v) is 9.40. The van der Waals surface area contributed by atoms with Crippen molar-refractivity contribution in [3.8, 4) is 22.6 Å². The molecule has 0 saturated carbocycles. The van der Waals surface area contributed by atoms with Crippen molar-refractivity contribution in [1.29, 1.82) is 0 Å². The molecule has 5 rings (SSSR count). The molecule has 3 aromatic carbocycles. The van der Waals surface area contributed by atoms with E-state index in [1.54, 1.807) is 19.4 Å². The average Bonchev–Trinajstić information content (AvgIpc) is 3.48. The van der Waals surface area contributed by atoms with Crippen LogP contribution in [0.4, 0.5) is 5.13 Å². The minimum Gasteiger partial charge on any atom is -0.496 e. The molecule has 2 aromatic heterocycles. The summed E-state index contributed by atoms with van der Waals surface area (Å²) in [6.07, 6.45) is 3.33. The van der Waals surface area contributed by atoms with Gasteiger partial charge in [0.2, 0.25) is 5.91 Å². The highest BCUT2D eigenvalue weighted by atomic mass is 32.1. The highest BCUT2D eigenvalue weighted by Gasteiger charge is 2.19. The van der Waals surface area contributed by atoms with E-state index < -0.39 is 0 Å². The van der Waals surface area contributed by atoms with Crippen LogP contribution in [0.1, 0.15) is 25.0 Å². The molecule has 0 aliphatic rings. The van der Waals surface area contributed by atoms with Crippen LogP contribution in [-0.4, -0.2) is 24.6 Å². The number of allylic oxidation sites excluding steroid dienone is 1. The van der Waals surface area contributed by atoms with E-state index in [4.69, 9.17) is 13.9 Å².